The molecule has 0 bridgehead atoms. The Labute approximate surface area is 180 Å². The second-order valence-electron chi connectivity index (χ2n) is 6.72. The topological polar surface area (TPSA) is 124 Å². The number of aryl methyl sites for hydroxylation is 1. The Morgan fingerprint density at radius 3 is 2.45 bits per heavy atom. The number of esters is 2. The number of aromatic nitrogens is 1. The van der Waals surface area contributed by atoms with Crippen LogP contribution < -0.4 is 10.1 Å². The van der Waals surface area contributed by atoms with Crippen LogP contribution in [0.1, 0.15) is 56.3 Å². The van der Waals surface area contributed by atoms with Gasteiger partial charge in [0.2, 0.25) is 5.78 Å². The van der Waals surface area contributed by atoms with Crippen molar-refractivity contribution in [3.8, 4) is 5.75 Å². The molecule has 0 radical (unpaired) electrons. The average Bonchev–Trinajstić information content (AvgIpc) is 3.05. The summed E-state index contributed by atoms with van der Waals surface area (Å²) in [6.45, 7) is 6.16. The van der Waals surface area contributed by atoms with Crippen molar-refractivity contribution in [1.82, 2.24) is 10.3 Å². The third-order valence-electron chi connectivity index (χ3n) is 4.59. The number of Topliss-reactive ketones (excluding diaryl/α,β-unsaturated/α-hetero) is 1. The minimum Gasteiger partial charge on any atom is -0.496 e. The van der Waals surface area contributed by atoms with Crippen LogP contribution in [0.3, 0.4) is 0 Å². The van der Waals surface area contributed by atoms with Crippen molar-refractivity contribution in [1.29, 1.82) is 0 Å². The number of para-hydroxylation sites is 1. The van der Waals surface area contributed by atoms with Crippen molar-refractivity contribution < 1.29 is 33.4 Å². The number of carbonyl (C=O) groups excluding carboxylic acids is 4. The maximum absolute atomic E-state index is 12.7. The van der Waals surface area contributed by atoms with E-state index in [0.717, 1.165) is 0 Å². The summed E-state index contributed by atoms with van der Waals surface area (Å²) in [5, 5.41) is 2.44. The van der Waals surface area contributed by atoms with Crippen molar-refractivity contribution in [2.75, 3.05) is 20.3 Å². The van der Waals surface area contributed by atoms with Gasteiger partial charge >= 0.3 is 11.9 Å². The van der Waals surface area contributed by atoms with Crippen LogP contribution in [-0.4, -0.2) is 55.0 Å². The number of methoxy groups -OCH3 is 1. The van der Waals surface area contributed by atoms with Crippen molar-refractivity contribution in [2.24, 2.45) is 0 Å². The van der Waals surface area contributed by atoms with Gasteiger partial charge in [0, 0.05) is 5.69 Å². The van der Waals surface area contributed by atoms with Gasteiger partial charge in [-0.15, -0.1) is 0 Å². The molecule has 9 heteroatoms. The monoisotopic (exact) mass is 430 g/mol. The molecular weight excluding hydrogens is 404 g/mol. The number of hydrogen-bond donors (Lipinski definition) is 2. The maximum atomic E-state index is 12.7. The lowest BCUT2D eigenvalue weighted by molar-refractivity contribution is -0.145. The SMILES string of the molecule is CCOC(=O)c1c(C)[nH]c(C(=O)C(C)OC(=O)CNC(=O)c2ccccc2OC)c1C. The lowest BCUT2D eigenvalue weighted by Crippen LogP contribution is -2.34. The van der Waals surface area contributed by atoms with E-state index in [1.54, 1.807) is 45.0 Å². The van der Waals surface area contributed by atoms with E-state index >= 15 is 0 Å². The van der Waals surface area contributed by atoms with Gasteiger partial charge in [-0.2, -0.15) is 0 Å². The van der Waals surface area contributed by atoms with Crippen molar-refractivity contribution in [3.63, 3.8) is 0 Å². The summed E-state index contributed by atoms with van der Waals surface area (Å²) in [4.78, 5) is 52.1. The number of hydrogen-bond acceptors (Lipinski definition) is 7. The lowest BCUT2D eigenvalue weighted by Gasteiger charge is -2.13. The summed E-state index contributed by atoms with van der Waals surface area (Å²) in [7, 11) is 1.44. The molecule has 0 fully saturated rings. The largest absolute Gasteiger partial charge is 0.496 e. The van der Waals surface area contributed by atoms with E-state index in [1.807, 2.05) is 0 Å². The second-order valence-corrected chi connectivity index (χ2v) is 6.72. The van der Waals surface area contributed by atoms with Crippen molar-refractivity contribution in [3.05, 3.63) is 52.3 Å². The first-order chi connectivity index (χ1) is 14.7. The zero-order valence-corrected chi connectivity index (χ0v) is 18.2. The number of ether oxygens (including phenoxy) is 3. The molecule has 2 N–H and O–H groups in total. The van der Waals surface area contributed by atoms with Gasteiger partial charge in [-0.05, 0) is 45.4 Å². The third kappa shape index (κ3) is 5.50. The van der Waals surface area contributed by atoms with E-state index in [2.05, 4.69) is 10.3 Å². The number of H-pyrrole nitrogens is 1. The van der Waals surface area contributed by atoms with Crippen LogP contribution in [0, 0.1) is 13.8 Å². The fourth-order valence-electron chi connectivity index (χ4n) is 3.08. The van der Waals surface area contributed by atoms with E-state index in [4.69, 9.17) is 14.2 Å². The average molecular weight is 430 g/mol. The van der Waals surface area contributed by atoms with Gasteiger partial charge in [0.05, 0.1) is 30.5 Å². The molecule has 31 heavy (non-hydrogen) atoms. The minimum absolute atomic E-state index is 0.166. The molecule has 0 aliphatic rings. The van der Waals surface area contributed by atoms with Gasteiger partial charge in [0.15, 0.2) is 6.10 Å². The molecule has 1 atom stereocenters. The van der Waals surface area contributed by atoms with E-state index in [9.17, 15) is 19.2 Å². The maximum Gasteiger partial charge on any atom is 0.340 e. The van der Waals surface area contributed by atoms with Crippen LogP contribution in [0.15, 0.2) is 24.3 Å². The molecule has 1 heterocycles. The normalized spacial score (nSPS) is 11.4. The fraction of sp³-hybridized carbons (Fsp3) is 0.364. The Hall–Kier alpha value is -3.62. The highest BCUT2D eigenvalue weighted by molar-refractivity contribution is 6.04. The van der Waals surface area contributed by atoms with Gasteiger partial charge in [-0.1, -0.05) is 12.1 Å². The smallest absolute Gasteiger partial charge is 0.340 e. The Kier molecular flexibility index (Phi) is 7.95. The second kappa shape index (κ2) is 10.4. The first-order valence-corrected chi connectivity index (χ1v) is 9.72. The highest BCUT2D eigenvalue weighted by Gasteiger charge is 2.27. The Balaban J connectivity index is 2.00. The number of amides is 1. The number of nitrogens with one attached hydrogen (secondary N) is 2. The molecule has 0 saturated heterocycles. The molecule has 2 rings (SSSR count). The summed E-state index contributed by atoms with van der Waals surface area (Å²) in [6, 6.07) is 6.57. The molecule has 9 nitrogen and oxygen atoms in total. The lowest BCUT2D eigenvalue weighted by atomic mass is 10.1. The van der Waals surface area contributed by atoms with Gasteiger partial charge in [-0.25, -0.2) is 4.79 Å². The Bertz CT molecular complexity index is 994. The van der Waals surface area contributed by atoms with E-state index in [1.165, 1.54) is 14.0 Å². The van der Waals surface area contributed by atoms with Crippen LogP contribution in [0.4, 0.5) is 0 Å². The quantitative estimate of drug-likeness (QED) is 0.462. The Morgan fingerprint density at radius 1 is 1.13 bits per heavy atom. The van der Waals surface area contributed by atoms with Gasteiger partial charge in [0.1, 0.15) is 12.3 Å². The van der Waals surface area contributed by atoms with E-state index in [0.29, 0.717) is 17.0 Å². The molecule has 166 valence electrons. The molecule has 1 aromatic carbocycles. The molecule has 1 aromatic heterocycles. The molecule has 0 aliphatic heterocycles. The predicted molar refractivity (Wildman–Crippen MR) is 111 cm³/mol. The number of rotatable bonds is 9. The predicted octanol–water partition coefficient (Wildman–Crippen LogP) is 2.36. The number of benzene rings is 1. The van der Waals surface area contributed by atoms with Crippen molar-refractivity contribution in [2.45, 2.75) is 33.8 Å². The Morgan fingerprint density at radius 2 is 1.81 bits per heavy atom. The van der Waals surface area contributed by atoms with Crippen LogP contribution in [-0.2, 0) is 14.3 Å². The number of ketones is 1. The summed E-state index contributed by atoms with van der Waals surface area (Å²) in [6.07, 6.45) is -1.12. The van der Waals surface area contributed by atoms with Gasteiger partial charge in [0.25, 0.3) is 5.91 Å². The van der Waals surface area contributed by atoms with Gasteiger partial charge < -0.3 is 24.5 Å². The fourth-order valence-corrected chi connectivity index (χ4v) is 3.08. The van der Waals surface area contributed by atoms with Gasteiger partial charge in [-0.3, -0.25) is 14.4 Å². The summed E-state index contributed by atoms with van der Waals surface area (Å²) in [5.74, 6) is -1.96. The first kappa shape index (κ1) is 23.7. The standard InChI is InChI=1S/C22H26N2O7/c1-6-30-22(28)18-12(2)19(24-13(18)3)20(26)14(4)31-17(25)11-23-21(27)15-9-7-8-10-16(15)29-5/h7-10,14,24H,6,11H2,1-5H3,(H,23,27). The summed E-state index contributed by atoms with van der Waals surface area (Å²) in [5.41, 5.74) is 1.63. The molecule has 0 spiro atoms. The first-order valence-electron chi connectivity index (χ1n) is 9.72. The number of carbonyl (C=O) groups is 4. The zero-order valence-electron chi connectivity index (χ0n) is 18.2. The molecule has 0 aliphatic carbocycles. The van der Waals surface area contributed by atoms with Crippen LogP contribution >= 0.6 is 0 Å². The molecule has 1 amide bonds. The van der Waals surface area contributed by atoms with Crippen molar-refractivity contribution >= 4 is 23.6 Å². The summed E-state index contributed by atoms with van der Waals surface area (Å²) >= 11 is 0. The highest BCUT2D eigenvalue weighted by atomic mass is 16.5. The van der Waals surface area contributed by atoms with Crippen LogP contribution in [0.5, 0.6) is 5.75 Å². The highest BCUT2D eigenvalue weighted by Crippen LogP contribution is 2.21. The van der Waals surface area contributed by atoms with E-state index < -0.39 is 36.3 Å². The zero-order chi connectivity index (χ0) is 23.1. The molecule has 0 saturated carbocycles. The minimum atomic E-state index is -1.12. The van der Waals surface area contributed by atoms with Crippen LogP contribution in [0.25, 0.3) is 0 Å². The molecular formula is C22H26N2O7. The summed E-state index contributed by atoms with van der Waals surface area (Å²) < 4.78 is 15.3. The third-order valence-corrected chi connectivity index (χ3v) is 4.59. The van der Waals surface area contributed by atoms with Crippen LogP contribution in [0.2, 0.25) is 0 Å². The number of aromatic amines is 1. The molecule has 1 unspecified atom stereocenters. The molecule has 2 aromatic rings. The van der Waals surface area contributed by atoms with E-state index in [-0.39, 0.29) is 23.4 Å².